The van der Waals surface area contributed by atoms with Crippen molar-refractivity contribution in [2.24, 2.45) is 11.8 Å². The third kappa shape index (κ3) is 9.58. The Morgan fingerprint density at radius 3 is 1.76 bits per heavy atom. The van der Waals surface area contributed by atoms with Crippen LogP contribution in [0.1, 0.15) is 34.3 Å². The van der Waals surface area contributed by atoms with Crippen molar-refractivity contribution < 1.29 is 52.6 Å². The summed E-state index contributed by atoms with van der Waals surface area (Å²) >= 11 is 7.00. The first-order chi connectivity index (χ1) is 24.6. The molecule has 0 spiro atoms. The molecule has 0 amide bonds. The summed E-state index contributed by atoms with van der Waals surface area (Å²) in [6.07, 6.45) is -1.73. The highest BCUT2D eigenvalue weighted by Gasteiger charge is 2.53. The van der Waals surface area contributed by atoms with Gasteiger partial charge in [0, 0.05) is 16.1 Å². The molecule has 0 saturated carbocycles. The van der Waals surface area contributed by atoms with Crippen LogP contribution in [-0.4, -0.2) is 81.7 Å². The van der Waals surface area contributed by atoms with Gasteiger partial charge in [-0.15, -0.1) is 0 Å². The molecule has 3 aromatic carbocycles. The van der Waals surface area contributed by atoms with Crippen LogP contribution in [0.25, 0.3) is 0 Å². The standard InChI is InChI=1S/C38H40Br2O11/c1-45-28-15-8-16-29(46-2)31(28)37(44)49-32-30(21-41)48-38(47-3)34-33(32)50-35(42)24(17-22-9-6-13-26(39)19-22)11-4-5-12-25(36(43)51-34)18-23-10-7-14-27(40)20-23/h4-10,13-16,19-20,24-25,30,32-34,38,41H,11-12,17-18,21H2,1-3H3/b5-4+/t24-,25-,30+,32+,33-,34+,38-/m0/s1. The Morgan fingerprint density at radius 1 is 0.784 bits per heavy atom. The summed E-state index contributed by atoms with van der Waals surface area (Å²) in [6, 6.07) is 20.0. The number of esters is 3. The lowest BCUT2D eigenvalue weighted by atomic mass is 9.92. The molecular weight excluding hydrogens is 792 g/mol. The minimum absolute atomic E-state index is 0.0344. The van der Waals surface area contributed by atoms with Crippen LogP contribution in [-0.2, 0) is 46.1 Å². The average Bonchev–Trinajstić information content (AvgIpc) is 3.12. The second-order valence-electron chi connectivity index (χ2n) is 12.2. The molecule has 1 N–H and O–H groups in total. The zero-order valence-corrected chi connectivity index (χ0v) is 31.5. The van der Waals surface area contributed by atoms with Gasteiger partial charge >= 0.3 is 17.9 Å². The first-order valence-electron chi connectivity index (χ1n) is 16.4. The third-order valence-electron chi connectivity index (χ3n) is 8.80. The highest BCUT2D eigenvalue weighted by atomic mass is 79.9. The molecule has 0 aromatic heterocycles. The predicted molar refractivity (Wildman–Crippen MR) is 192 cm³/mol. The number of carbonyl (C=O) groups is 3. The maximum atomic E-state index is 14.1. The summed E-state index contributed by atoms with van der Waals surface area (Å²) < 4.78 is 42.5. The molecule has 2 aliphatic heterocycles. The second-order valence-corrected chi connectivity index (χ2v) is 14.0. The number of methoxy groups -OCH3 is 3. The first-order valence-corrected chi connectivity index (χ1v) is 18.0. The lowest BCUT2D eigenvalue weighted by Crippen LogP contribution is -2.63. The number of benzene rings is 3. The number of ether oxygens (including phenoxy) is 7. The highest BCUT2D eigenvalue weighted by Crippen LogP contribution is 2.35. The molecular formula is C38H40Br2O11. The van der Waals surface area contributed by atoms with Crippen LogP contribution >= 0.6 is 31.9 Å². The minimum atomic E-state index is -1.45. The van der Waals surface area contributed by atoms with Crippen LogP contribution in [0, 0.1) is 11.8 Å². The average molecular weight is 833 g/mol. The van der Waals surface area contributed by atoms with Crippen molar-refractivity contribution in [1.82, 2.24) is 0 Å². The maximum absolute atomic E-state index is 14.1. The smallest absolute Gasteiger partial charge is 0.346 e. The molecule has 5 rings (SSSR count). The number of aliphatic hydroxyl groups is 1. The molecule has 11 nitrogen and oxygen atoms in total. The Morgan fingerprint density at radius 2 is 1.29 bits per heavy atom. The van der Waals surface area contributed by atoms with E-state index >= 15 is 0 Å². The van der Waals surface area contributed by atoms with E-state index in [1.54, 1.807) is 18.2 Å². The summed E-state index contributed by atoms with van der Waals surface area (Å²) in [5.41, 5.74) is 1.76. The van der Waals surface area contributed by atoms with Crippen LogP contribution in [0.2, 0.25) is 0 Å². The van der Waals surface area contributed by atoms with Crippen LogP contribution in [0.4, 0.5) is 0 Å². The van der Waals surface area contributed by atoms with E-state index in [1.807, 2.05) is 60.7 Å². The van der Waals surface area contributed by atoms with E-state index < -0.39 is 67.1 Å². The molecule has 0 aliphatic carbocycles. The molecule has 2 heterocycles. The van der Waals surface area contributed by atoms with Crippen LogP contribution in [0.15, 0.2) is 87.8 Å². The van der Waals surface area contributed by atoms with Gasteiger partial charge in [-0.3, -0.25) is 9.59 Å². The SMILES string of the molecule is COc1cccc(OC)c1C(=O)O[C@H]1[C@@H]2OC(=O)[C@H](Cc3cccc(Br)c3)C/C=C/C[C@@H](Cc3cccc(Br)c3)C(=O)O[C@H]2[C@@H](OC)O[C@@H]1CO. The molecule has 2 aliphatic rings. The summed E-state index contributed by atoms with van der Waals surface area (Å²) in [7, 11) is 4.12. The largest absolute Gasteiger partial charge is 0.496 e. The predicted octanol–water partition coefficient (Wildman–Crippen LogP) is 6.01. The molecule has 13 heteroatoms. The van der Waals surface area contributed by atoms with Gasteiger partial charge < -0.3 is 38.3 Å². The van der Waals surface area contributed by atoms with Gasteiger partial charge in [0.05, 0.1) is 32.7 Å². The van der Waals surface area contributed by atoms with Crippen molar-refractivity contribution in [3.05, 3.63) is 105 Å². The molecule has 1 saturated heterocycles. The molecule has 0 bridgehead atoms. The van der Waals surface area contributed by atoms with Crippen LogP contribution < -0.4 is 9.47 Å². The van der Waals surface area contributed by atoms with E-state index in [0.717, 1.165) is 20.1 Å². The topological polar surface area (TPSA) is 136 Å². The molecule has 0 unspecified atom stereocenters. The number of halogens is 2. The third-order valence-corrected chi connectivity index (χ3v) is 9.79. The van der Waals surface area contributed by atoms with E-state index in [4.69, 9.17) is 33.2 Å². The molecule has 272 valence electrons. The second kappa shape index (κ2) is 18.1. The van der Waals surface area contributed by atoms with Gasteiger partial charge in [-0.2, -0.15) is 0 Å². The maximum Gasteiger partial charge on any atom is 0.346 e. The number of aliphatic hydroxyl groups excluding tert-OH is 1. The first kappa shape index (κ1) is 38.5. The van der Waals surface area contributed by atoms with E-state index in [2.05, 4.69) is 31.9 Å². The molecule has 7 atom stereocenters. The Kier molecular flexibility index (Phi) is 13.7. The van der Waals surface area contributed by atoms with E-state index in [9.17, 15) is 19.5 Å². The Hall–Kier alpha value is -3.75. The number of rotatable bonds is 10. The number of carbonyl (C=O) groups excluding carboxylic acids is 3. The summed E-state index contributed by atoms with van der Waals surface area (Å²) in [4.78, 5) is 42.0. The molecule has 0 radical (unpaired) electrons. The summed E-state index contributed by atoms with van der Waals surface area (Å²) in [6.45, 7) is -0.648. The molecule has 3 aromatic rings. The number of fused-ring (bicyclic) bond motifs is 1. The van der Waals surface area contributed by atoms with Crippen molar-refractivity contribution in [3.63, 3.8) is 0 Å². The van der Waals surface area contributed by atoms with Gasteiger partial charge in [0.1, 0.15) is 23.2 Å². The lowest BCUT2D eigenvalue weighted by Gasteiger charge is -2.44. The zero-order chi connectivity index (χ0) is 36.5. The van der Waals surface area contributed by atoms with Gasteiger partial charge in [0.25, 0.3) is 0 Å². The van der Waals surface area contributed by atoms with E-state index in [-0.39, 0.29) is 17.1 Å². The highest BCUT2D eigenvalue weighted by molar-refractivity contribution is 9.10. The quantitative estimate of drug-likeness (QED) is 0.146. The summed E-state index contributed by atoms with van der Waals surface area (Å²) in [5.74, 6) is -3.09. The van der Waals surface area contributed by atoms with Crippen molar-refractivity contribution in [2.75, 3.05) is 27.9 Å². The van der Waals surface area contributed by atoms with Gasteiger partial charge in [-0.05, 0) is 73.2 Å². The number of hydrogen-bond donors (Lipinski definition) is 1. The van der Waals surface area contributed by atoms with Crippen molar-refractivity contribution in [3.8, 4) is 11.5 Å². The Bertz CT molecular complexity index is 1690. The fourth-order valence-electron chi connectivity index (χ4n) is 6.26. The van der Waals surface area contributed by atoms with Crippen LogP contribution in [0.3, 0.4) is 0 Å². The van der Waals surface area contributed by atoms with Gasteiger partial charge in [-0.1, -0.05) is 74.3 Å². The lowest BCUT2D eigenvalue weighted by molar-refractivity contribution is -0.301. The summed E-state index contributed by atoms with van der Waals surface area (Å²) in [5, 5.41) is 10.5. The normalized spacial score (nSPS) is 26.0. The van der Waals surface area contributed by atoms with Crippen molar-refractivity contribution in [1.29, 1.82) is 0 Å². The fourth-order valence-corrected chi connectivity index (χ4v) is 7.15. The minimum Gasteiger partial charge on any atom is -0.496 e. The van der Waals surface area contributed by atoms with Crippen molar-refractivity contribution >= 4 is 49.8 Å². The number of allylic oxidation sites excluding steroid dienone is 2. The van der Waals surface area contributed by atoms with Gasteiger partial charge in [0.15, 0.2) is 24.6 Å². The fraction of sp³-hybridized carbons (Fsp3) is 0.395. The van der Waals surface area contributed by atoms with Crippen LogP contribution in [0.5, 0.6) is 11.5 Å². The Labute approximate surface area is 313 Å². The van der Waals surface area contributed by atoms with Crippen molar-refractivity contribution in [2.45, 2.75) is 56.4 Å². The number of hydrogen-bond acceptors (Lipinski definition) is 11. The van der Waals surface area contributed by atoms with Gasteiger partial charge in [0.2, 0.25) is 0 Å². The van der Waals surface area contributed by atoms with E-state index in [1.165, 1.54) is 21.3 Å². The monoisotopic (exact) mass is 830 g/mol. The van der Waals surface area contributed by atoms with Gasteiger partial charge in [-0.25, -0.2) is 4.79 Å². The van der Waals surface area contributed by atoms with E-state index in [0.29, 0.717) is 25.7 Å². The molecule has 51 heavy (non-hydrogen) atoms. The zero-order valence-electron chi connectivity index (χ0n) is 28.4. The Balaban J connectivity index is 1.56. The molecule has 1 fully saturated rings.